The Labute approximate surface area is 71.5 Å². The number of aliphatic hydroxyl groups excluding tert-OH is 1. The second kappa shape index (κ2) is 4.47. The van der Waals surface area contributed by atoms with E-state index >= 15 is 0 Å². The van der Waals surface area contributed by atoms with E-state index < -0.39 is 0 Å². The van der Waals surface area contributed by atoms with E-state index in [0.29, 0.717) is 12.2 Å². The number of hydrogen-bond acceptors (Lipinski definition) is 3. The molecule has 1 aromatic heterocycles. The Hall–Kier alpha value is -1.40. The van der Waals surface area contributed by atoms with Crippen molar-refractivity contribution in [3.05, 3.63) is 23.8 Å². The molecule has 0 amide bonds. The largest absolute Gasteiger partial charge is 0.395 e. The van der Waals surface area contributed by atoms with Gasteiger partial charge >= 0.3 is 0 Å². The van der Waals surface area contributed by atoms with Gasteiger partial charge in [-0.05, 0) is 18.9 Å². The van der Waals surface area contributed by atoms with Gasteiger partial charge in [-0.2, -0.15) is 0 Å². The Balaban J connectivity index is 2.71. The number of aliphatic hydroxyl groups is 1. The summed E-state index contributed by atoms with van der Waals surface area (Å²) in [6.07, 6.45) is 2.14. The number of nitrogens with zero attached hydrogens (tertiary/aromatic N) is 2. The van der Waals surface area contributed by atoms with Crippen molar-refractivity contribution in [1.29, 1.82) is 0 Å². The van der Waals surface area contributed by atoms with Crippen molar-refractivity contribution in [3.8, 4) is 11.8 Å². The zero-order valence-electron chi connectivity index (χ0n) is 6.91. The average molecular weight is 162 g/mol. The minimum Gasteiger partial charge on any atom is -0.395 e. The van der Waals surface area contributed by atoms with Crippen LogP contribution in [0.15, 0.2) is 12.3 Å². The fourth-order valence-corrected chi connectivity index (χ4v) is 0.707. The van der Waals surface area contributed by atoms with Crippen LogP contribution < -0.4 is 0 Å². The molecule has 0 saturated carbocycles. The predicted molar refractivity (Wildman–Crippen MR) is 45.3 cm³/mol. The van der Waals surface area contributed by atoms with Crippen molar-refractivity contribution < 1.29 is 5.11 Å². The minimum absolute atomic E-state index is 0.0822. The number of aromatic nitrogens is 2. The van der Waals surface area contributed by atoms with Crippen molar-refractivity contribution in [2.75, 3.05) is 6.61 Å². The van der Waals surface area contributed by atoms with Crippen LogP contribution in [0.5, 0.6) is 0 Å². The zero-order valence-corrected chi connectivity index (χ0v) is 6.91. The molecule has 0 aromatic carbocycles. The minimum atomic E-state index is 0.0822. The van der Waals surface area contributed by atoms with Gasteiger partial charge in [0.15, 0.2) is 0 Å². The fraction of sp³-hybridized carbons (Fsp3) is 0.333. The summed E-state index contributed by atoms with van der Waals surface area (Å²) in [7, 11) is 0. The molecule has 0 radical (unpaired) electrons. The normalized spacial score (nSPS) is 8.83. The van der Waals surface area contributed by atoms with E-state index in [-0.39, 0.29) is 6.61 Å². The van der Waals surface area contributed by atoms with Crippen LogP contribution in [-0.4, -0.2) is 21.7 Å². The van der Waals surface area contributed by atoms with E-state index in [4.69, 9.17) is 5.11 Å². The van der Waals surface area contributed by atoms with Crippen molar-refractivity contribution in [3.63, 3.8) is 0 Å². The maximum atomic E-state index is 8.46. The highest BCUT2D eigenvalue weighted by Gasteiger charge is 1.88. The molecule has 1 aromatic rings. The molecular formula is C9H10N2O. The molecule has 1 rings (SSSR count). The molecule has 0 aliphatic rings. The molecule has 1 heterocycles. The van der Waals surface area contributed by atoms with Crippen LogP contribution in [-0.2, 0) is 0 Å². The van der Waals surface area contributed by atoms with E-state index in [1.165, 1.54) is 0 Å². The standard InChI is InChI=1S/C9H10N2O/c1-8-5-6-10-9(11-8)4-2-3-7-12/h5-6,12H,3,7H2,1H3. The molecule has 0 aliphatic carbocycles. The highest BCUT2D eigenvalue weighted by Crippen LogP contribution is 1.90. The summed E-state index contributed by atoms with van der Waals surface area (Å²) in [6, 6.07) is 1.82. The molecule has 0 bridgehead atoms. The molecule has 0 saturated heterocycles. The molecule has 62 valence electrons. The van der Waals surface area contributed by atoms with Crippen LogP contribution in [0.1, 0.15) is 17.9 Å². The van der Waals surface area contributed by atoms with Crippen LogP contribution in [0.4, 0.5) is 0 Å². The van der Waals surface area contributed by atoms with Gasteiger partial charge in [-0.3, -0.25) is 0 Å². The van der Waals surface area contributed by atoms with Gasteiger partial charge in [0, 0.05) is 18.3 Å². The zero-order chi connectivity index (χ0) is 8.81. The number of aryl methyl sites for hydroxylation is 1. The molecule has 1 N–H and O–H groups in total. The first-order chi connectivity index (χ1) is 5.83. The van der Waals surface area contributed by atoms with Crippen LogP contribution in [0.25, 0.3) is 0 Å². The predicted octanol–water partition coefficient (Wildman–Crippen LogP) is 0.519. The lowest BCUT2D eigenvalue weighted by atomic mass is 10.4. The molecule has 3 heteroatoms. The smallest absolute Gasteiger partial charge is 0.205 e. The van der Waals surface area contributed by atoms with Gasteiger partial charge in [0.2, 0.25) is 5.82 Å². The van der Waals surface area contributed by atoms with E-state index in [9.17, 15) is 0 Å². The van der Waals surface area contributed by atoms with Crippen molar-refractivity contribution >= 4 is 0 Å². The van der Waals surface area contributed by atoms with Crippen LogP contribution in [0, 0.1) is 18.8 Å². The molecule has 0 atom stereocenters. The first kappa shape index (κ1) is 8.69. The summed E-state index contributed by atoms with van der Waals surface area (Å²) < 4.78 is 0. The van der Waals surface area contributed by atoms with E-state index in [1.807, 2.05) is 13.0 Å². The maximum absolute atomic E-state index is 8.46. The summed E-state index contributed by atoms with van der Waals surface area (Å²) in [6.45, 7) is 1.97. The van der Waals surface area contributed by atoms with Crippen LogP contribution in [0.3, 0.4) is 0 Å². The first-order valence-electron chi connectivity index (χ1n) is 3.72. The summed E-state index contributed by atoms with van der Waals surface area (Å²) in [4.78, 5) is 8.02. The lowest BCUT2D eigenvalue weighted by molar-refractivity contribution is 0.305. The molecular weight excluding hydrogens is 152 g/mol. The average Bonchev–Trinajstić information content (AvgIpc) is 2.05. The van der Waals surface area contributed by atoms with Gasteiger partial charge in [0.25, 0.3) is 0 Å². The topological polar surface area (TPSA) is 46.0 Å². The van der Waals surface area contributed by atoms with Gasteiger partial charge in [0.1, 0.15) is 0 Å². The quantitative estimate of drug-likeness (QED) is 0.612. The van der Waals surface area contributed by atoms with Gasteiger partial charge < -0.3 is 5.11 Å². The van der Waals surface area contributed by atoms with Crippen molar-refractivity contribution in [1.82, 2.24) is 9.97 Å². The van der Waals surface area contributed by atoms with Crippen LogP contribution >= 0.6 is 0 Å². The lowest BCUT2D eigenvalue weighted by Crippen LogP contribution is -1.89. The number of rotatable bonds is 1. The summed E-state index contributed by atoms with van der Waals surface area (Å²) >= 11 is 0. The Bertz CT molecular complexity index is 312. The van der Waals surface area contributed by atoms with Crippen molar-refractivity contribution in [2.24, 2.45) is 0 Å². The summed E-state index contributed by atoms with van der Waals surface area (Å²) in [5.41, 5.74) is 0.901. The van der Waals surface area contributed by atoms with Gasteiger partial charge in [-0.1, -0.05) is 5.92 Å². The van der Waals surface area contributed by atoms with Gasteiger partial charge in [0.05, 0.1) is 6.61 Å². The highest BCUT2D eigenvalue weighted by molar-refractivity contribution is 5.20. The SMILES string of the molecule is Cc1ccnc(C#CCCO)n1. The van der Waals surface area contributed by atoms with Gasteiger partial charge in [-0.25, -0.2) is 9.97 Å². The Morgan fingerprint density at radius 2 is 2.42 bits per heavy atom. The summed E-state index contributed by atoms with van der Waals surface area (Å²) in [5.74, 6) is 6.02. The molecule has 0 fully saturated rings. The third-order valence-corrected chi connectivity index (χ3v) is 1.23. The third-order valence-electron chi connectivity index (χ3n) is 1.23. The summed E-state index contributed by atoms with van der Waals surface area (Å²) in [5, 5.41) is 8.46. The second-order valence-electron chi connectivity index (χ2n) is 2.30. The highest BCUT2D eigenvalue weighted by atomic mass is 16.2. The Morgan fingerprint density at radius 3 is 3.08 bits per heavy atom. The Kier molecular flexibility index (Phi) is 3.24. The number of hydrogen-bond donors (Lipinski definition) is 1. The Morgan fingerprint density at radius 1 is 1.58 bits per heavy atom. The van der Waals surface area contributed by atoms with Crippen LogP contribution in [0.2, 0.25) is 0 Å². The van der Waals surface area contributed by atoms with E-state index in [1.54, 1.807) is 6.20 Å². The molecule has 0 aliphatic heterocycles. The van der Waals surface area contributed by atoms with E-state index in [0.717, 1.165) is 5.69 Å². The fourth-order valence-electron chi connectivity index (χ4n) is 0.707. The van der Waals surface area contributed by atoms with Gasteiger partial charge in [-0.15, -0.1) is 0 Å². The van der Waals surface area contributed by atoms with E-state index in [2.05, 4.69) is 21.8 Å². The third kappa shape index (κ3) is 2.69. The van der Waals surface area contributed by atoms with Crippen molar-refractivity contribution in [2.45, 2.75) is 13.3 Å². The maximum Gasteiger partial charge on any atom is 0.205 e. The second-order valence-corrected chi connectivity index (χ2v) is 2.30. The first-order valence-corrected chi connectivity index (χ1v) is 3.72. The monoisotopic (exact) mass is 162 g/mol. The molecule has 0 spiro atoms. The molecule has 3 nitrogen and oxygen atoms in total. The lowest BCUT2D eigenvalue weighted by Gasteiger charge is -1.89. The molecule has 12 heavy (non-hydrogen) atoms. The molecule has 0 unspecified atom stereocenters.